The summed E-state index contributed by atoms with van der Waals surface area (Å²) in [5.74, 6) is 0.0707. The van der Waals surface area contributed by atoms with Crippen molar-refractivity contribution in [2.24, 2.45) is 11.8 Å². The van der Waals surface area contributed by atoms with E-state index in [0.717, 1.165) is 29.0 Å². The number of rotatable bonds is 5. The largest absolute Gasteiger partial charge is 0.496 e. The Morgan fingerprint density at radius 2 is 2.08 bits per heavy atom. The maximum Gasteiger partial charge on any atom is 0.306 e. The first-order valence-corrected chi connectivity index (χ1v) is 8.35. The van der Waals surface area contributed by atoms with E-state index in [1.54, 1.807) is 7.11 Å². The first-order chi connectivity index (χ1) is 11.5. The summed E-state index contributed by atoms with van der Waals surface area (Å²) in [6, 6.07) is 3.89. The minimum absolute atomic E-state index is 0.0874. The van der Waals surface area contributed by atoms with E-state index < -0.39 is 11.9 Å². The molecule has 1 heterocycles. The van der Waals surface area contributed by atoms with Crippen molar-refractivity contribution < 1.29 is 24.2 Å². The van der Waals surface area contributed by atoms with Gasteiger partial charge in [-0.1, -0.05) is 0 Å². The van der Waals surface area contributed by atoms with Crippen LogP contribution >= 0.6 is 0 Å². The molecule has 1 fully saturated rings. The maximum atomic E-state index is 12.3. The van der Waals surface area contributed by atoms with Crippen LogP contribution in [0.15, 0.2) is 12.1 Å². The SMILES string of the molecule is COc1cc2c(cc1CNC(=O)[C@@H]1CC[C@H](C(=O)O)C1)OC(C)C2. The number of hydrogen-bond donors (Lipinski definition) is 2. The van der Waals surface area contributed by atoms with Gasteiger partial charge < -0.3 is 19.9 Å². The third-order valence-corrected chi connectivity index (χ3v) is 4.90. The minimum Gasteiger partial charge on any atom is -0.496 e. The molecule has 0 aromatic heterocycles. The molecule has 6 nitrogen and oxygen atoms in total. The lowest BCUT2D eigenvalue weighted by Crippen LogP contribution is -2.29. The van der Waals surface area contributed by atoms with Gasteiger partial charge in [-0.25, -0.2) is 0 Å². The number of amides is 1. The molecule has 0 radical (unpaired) electrons. The lowest BCUT2D eigenvalue weighted by molar-refractivity contribution is -0.141. The summed E-state index contributed by atoms with van der Waals surface area (Å²) in [4.78, 5) is 23.3. The standard InChI is InChI=1S/C18H23NO5/c1-10-5-13-7-15(23-2)14(8-16(13)24-10)9-19-17(20)11-3-4-12(6-11)18(21)22/h7-8,10-12H,3-6,9H2,1-2H3,(H,19,20)(H,21,22)/t10?,11-,12+/m1/s1. The van der Waals surface area contributed by atoms with Gasteiger partial charge in [0.05, 0.1) is 13.0 Å². The normalized spacial score (nSPS) is 25.0. The van der Waals surface area contributed by atoms with Gasteiger partial charge in [-0.3, -0.25) is 9.59 Å². The summed E-state index contributed by atoms with van der Waals surface area (Å²) < 4.78 is 11.2. The summed E-state index contributed by atoms with van der Waals surface area (Å²) in [6.45, 7) is 2.37. The van der Waals surface area contributed by atoms with E-state index in [2.05, 4.69) is 5.32 Å². The highest BCUT2D eigenvalue weighted by Crippen LogP contribution is 2.35. The van der Waals surface area contributed by atoms with Crippen LogP contribution in [0.3, 0.4) is 0 Å². The van der Waals surface area contributed by atoms with E-state index in [9.17, 15) is 9.59 Å². The fourth-order valence-electron chi connectivity index (χ4n) is 3.58. The van der Waals surface area contributed by atoms with E-state index in [0.29, 0.717) is 25.8 Å². The predicted octanol–water partition coefficient (Wildman–Crippen LogP) is 2.14. The fraction of sp³-hybridized carbons (Fsp3) is 0.556. The summed E-state index contributed by atoms with van der Waals surface area (Å²) in [7, 11) is 1.61. The number of benzene rings is 1. The number of carboxylic acid groups (broad SMARTS) is 1. The Morgan fingerprint density at radius 3 is 2.75 bits per heavy atom. The van der Waals surface area contributed by atoms with Crippen LogP contribution in [0.25, 0.3) is 0 Å². The van der Waals surface area contributed by atoms with E-state index >= 15 is 0 Å². The lowest BCUT2D eigenvalue weighted by Gasteiger charge is -2.14. The zero-order chi connectivity index (χ0) is 17.3. The fourth-order valence-corrected chi connectivity index (χ4v) is 3.58. The average molecular weight is 333 g/mol. The number of carboxylic acids is 1. The molecule has 3 atom stereocenters. The van der Waals surface area contributed by atoms with Crippen LogP contribution in [0.5, 0.6) is 11.5 Å². The quantitative estimate of drug-likeness (QED) is 0.862. The highest BCUT2D eigenvalue weighted by Gasteiger charge is 2.33. The second-order valence-electron chi connectivity index (χ2n) is 6.67. The number of carbonyl (C=O) groups excluding carboxylic acids is 1. The molecule has 24 heavy (non-hydrogen) atoms. The predicted molar refractivity (Wildman–Crippen MR) is 87.1 cm³/mol. The smallest absolute Gasteiger partial charge is 0.306 e. The highest BCUT2D eigenvalue weighted by atomic mass is 16.5. The Balaban J connectivity index is 1.63. The van der Waals surface area contributed by atoms with E-state index in [1.807, 2.05) is 19.1 Å². The molecule has 6 heteroatoms. The molecular weight excluding hydrogens is 310 g/mol. The van der Waals surface area contributed by atoms with Gasteiger partial charge in [0.1, 0.15) is 17.6 Å². The number of fused-ring (bicyclic) bond motifs is 1. The lowest BCUT2D eigenvalue weighted by atomic mass is 10.0. The second kappa shape index (κ2) is 6.71. The van der Waals surface area contributed by atoms with Crippen LogP contribution in [0.2, 0.25) is 0 Å². The molecule has 1 aliphatic heterocycles. The number of aliphatic carboxylic acids is 1. The van der Waals surface area contributed by atoms with Crippen molar-refractivity contribution in [3.05, 3.63) is 23.3 Å². The molecule has 1 saturated carbocycles. The van der Waals surface area contributed by atoms with Gasteiger partial charge >= 0.3 is 5.97 Å². The third-order valence-electron chi connectivity index (χ3n) is 4.90. The molecule has 1 aliphatic carbocycles. The van der Waals surface area contributed by atoms with Crippen molar-refractivity contribution in [1.82, 2.24) is 5.32 Å². The molecular formula is C18H23NO5. The molecule has 1 unspecified atom stereocenters. The van der Waals surface area contributed by atoms with E-state index in [4.69, 9.17) is 14.6 Å². The van der Waals surface area contributed by atoms with Gasteiger partial charge in [-0.05, 0) is 38.3 Å². The van der Waals surface area contributed by atoms with Gasteiger partial charge in [-0.2, -0.15) is 0 Å². The first-order valence-electron chi connectivity index (χ1n) is 8.35. The Kier molecular flexibility index (Phi) is 4.64. The van der Waals surface area contributed by atoms with Crippen LogP contribution in [0, 0.1) is 11.8 Å². The van der Waals surface area contributed by atoms with Crippen molar-refractivity contribution in [1.29, 1.82) is 0 Å². The van der Waals surface area contributed by atoms with Gasteiger partial charge in [0.15, 0.2) is 0 Å². The molecule has 1 aromatic carbocycles. The Hall–Kier alpha value is -2.24. The Bertz CT molecular complexity index is 657. The topological polar surface area (TPSA) is 84.9 Å². The van der Waals surface area contributed by atoms with E-state index in [-0.39, 0.29) is 17.9 Å². The summed E-state index contributed by atoms with van der Waals surface area (Å²) in [5, 5.41) is 11.9. The van der Waals surface area contributed by atoms with Gasteiger partial charge in [0.25, 0.3) is 0 Å². The summed E-state index contributed by atoms with van der Waals surface area (Å²) in [5.41, 5.74) is 1.99. The molecule has 1 amide bonds. The number of hydrogen-bond acceptors (Lipinski definition) is 4. The van der Waals surface area contributed by atoms with Crippen LogP contribution in [-0.4, -0.2) is 30.2 Å². The van der Waals surface area contributed by atoms with Crippen molar-refractivity contribution >= 4 is 11.9 Å². The summed E-state index contributed by atoms with van der Waals surface area (Å²) >= 11 is 0. The van der Waals surface area contributed by atoms with Crippen LogP contribution in [0.1, 0.15) is 37.3 Å². The van der Waals surface area contributed by atoms with Crippen molar-refractivity contribution in [2.45, 2.75) is 45.3 Å². The van der Waals surface area contributed by atoms with Crippen LogP contribution in [0.4, 0.5) is 0 Å². The van der Waals surface area contributed by atoms with E-state index in [1.165, 1.54) is 0 Å². The molecule has 2 aliphatic rings. The summed E-state index contributed by atoms with van der Waals surface area (Å²) in [6.07, 6.45) is 2.63. The van der Waals surface area contributed by atoms with Crippen molar-refractivity contribution in [2.75, 3.05) is 7.11 Å². The van der Waals surface area contributed by atoms with Crippen LogP contribution in [-0.2, 0) is 22.6 Å². The van der Waals surface area contributed by atoms with Crippen molar-refractivity contribution in [3.8, 4) is 11.5 Å². The van der Waals surface area contributed by atoms with Crippen molar-refractivity contribution in [3.63, 3.8) is 0 Å². The molecule has 1 aromatic rings. The third kappa shape index (κ3) is 3.32. The zero-order valence-corrected chi connectivity index (χ0v) is 14.0. The van der Waals surface area contributed by atoms with Gasteiger partial charge in [0.2, 0.25) is 5.91 Å². The molecule has 2 N–H and O–H groups in total. The molecule has 0 bridgehead atoms. The number of nitrogens with one attached hydrogen (secondary N) is 1. The van der Waals surface area contributed by atoms with Gasteiger partial charge in [0, 0.05) is 30.0 Å². The molecule has 0 saturated heterocycles. The highest BCUT2D eigenvalue weighted by molar-refractivity contribution is 5.80. The van der Waals surface area contributed by atoms with Crippen LogP contribution < -0.4 is 14.8 Å². The monoisotopic (exact) mass is 333 g/mol. The maximum absolute atomic E-state index is 12.3. The zero-order valence-electron chi connectivity index (χ0n) is 14.0. The molecule has 0 spiro atoms. The van der Waals surface area contributed by atoms with Gasteiger partial charge in [-0.15, -0.1) is 0 Å². The minimum atomic E-state index is -0.808. The average Bonchev–Trinajstić information content (AvgIpc) is 3.17. The number of methoxy groups -OCH3 is 1. The second-order valence-corrected chi connectivity index (χ2v) is 6.67. The molecule has 130 valence electrons. The molecule has 3 rings (SSSR count). The Morgan fingerprint density at radius 1 is 1.33 bits per heavy atom. The number of ether oxygens (including phenoxy) is 2. The Labute approximate surface area is 141 Å². The first kappa shape index (κ1) is 16.6. The number of carbonyl (C=O) groups is 2.